The van der Waals surface area contributed by atoms with E-state index in [2.05, 4.69) is 45.1 Å². The normalized spacial score (nSPS) is 10.0. The highest BCUT2D eigenvalue weighted by Crippen LogP contribution is 2.23. The van der Waals surface area contributed by atoms with Gasteiger partial charge in [0.25, 0.3) is 0 Å². The molecule has 0 unspecified atom stereocenters. The smallest absolute Gasteiger partial charge is 0.101 e. The van der Waals surface area contributed by atoms with Crippen molar-refractivity contribution in [1.29, 1.82) is 5.26 Å². The van der Waals surface area contributed by atoms with Gasteiger partial charge < -0.3 is 4.90 Å². The molecule has 0 saturated heterocycles. The van der Waals surface area contributed by atoms with Crippen LogP contribution in [0, 0.1) is 18.3 Å². The van der Waals surface area contributed by atoms with E-state index in [1.54, 1.807) is 0 Å². The van der Waals surface area contributed by atoms with Crippen molar-refractivity contribution in [2.24, 2.45) is 0 Å². The molecule has 0 N–H and O–H groups in total. The average molecular weight is 315 g/mol. The van der Waals surface area contributed by atoms with Gasteiger partial charge in [-0.05, 0) is 42.3 Å². The van der Waals surface area contributed by atoms with Crippen molar-refractivity contribution in [1.82, 2.24) is 0 Å². The molecule has 0 amide bonds. The van der Waals surface area contributed by atoms with Gasteiger partial charge in [-0.25, -0.2) is 0 Å². The number of aryl methyl sites for hydroxylation is 1. The summed E-state index contributed by atoms with van der Waals surface area (Å²) in [6, 6.07) is 16.4. The van der Waals surface area contributed by atoms with Crippen LogP contribution in [0.25, 0.3) is 0 Å². The molecule has 2 aromatic carbocycles. The molecule has 0 heterocycles. The fourth-order valence-electron chi connectivity index (χ4n) is 2.05. The van der Waals surface area contributed by atoms with Gasteiger partial charge in [0, 0.05) is 18.1 Å². The van der Waals surface area contributed by atoms with Crippen molar-refractivity contribution >= 4 is 21.6 Å². The standard InChI is InChI=1S/C16H15BrN2/c1-12-6-7-14(10-18)16(8-12)19(2)11-13-4-3-5-15(17)9-13/h3-9H,11H2,1-2H3. The zero-order valence-electron chi connectivity index (χ0n) is 11.0. The molecule has 2 nitrogen and oxygen atoms in total. The molecular weight excluding hydrogens is 300 g/mol. The lowest BCUT2D eigenvalue weighted by Crippen LogP contribution is -2.17. The third-order valence-corrected chi connectivity index (χ3v) is 3.49. The van der Waals surface area contributed by atoms with Crippen molar-refractivity contribution in [3.05, 3.63) is 63.6 Å². The molecule has 0 bridgehead atoms. The Kier molecular flexibility index (Phi) is 4.24. The Morgan fingerprint density at radius 3 is 2.68 bits per heavy atom. The molecule has 0 aliphatic heterocycles. The Balaban J connectivity index is 2.27. The van der Waals surface area contributed by atoms with Gasteiger partial charge in [-0.3, -0.25) is 0 Å². The highest BCUT2D eigenvalue weighted by molar-refractivity contribution is 9.10. The average Bonchev–Trinajstić information content (AvgIpc) is 2.38. The van der Waals surface area contributed by atoms with E-state index in [1.807, 2.05) is 38.2 Å². The first kappa shape index (κ1) is 13.6. The number of hydrogen-bond donors (Lipinski definition) is 0. The van der Waals surface area contributed by atoms with Gasteiger partial charge in [0.1, 0.15) is 6.07 Å². The van der Waals surface area contributed by atoms with Crippen molar-refractivity contribution < 1.29 is 0 Å². The van der Waals surface area contributed by atoms with Crippen LogP contribution in [0.4, 0.5) is 5.69 Å². The summed E-state index contributed by atoms with van der Waals surface area (Å²) in [6.07, 6.45) is 0. The summed E-state index contributed by atoms with van der Waals surface area (Å²) >= 11 is 3.48. The minimum Gasteiger partial charge on any atom is -0.369 e. The number of hydrogen-bond acceptors (Lipinski definition) is 2. The number of halogens is 1. The van der Waals surface area contributed by atoms with Crippen LogP contribution < -0.4 is 4.90 Å². The predicted octanol–water partition coefficient (Wildman–Crippen LogP) is 4.27. The van der Waals surface area contributed by atoms with Crippen LogP contribution in [0.3, 0.4) is 0 Å². The van der Waals surface area contributed by atoms with Gasteiger partial charge in [-0.15, -0.1) is 0 Å². The Hall–Kier alpha value is -1.79. The molecule has 3 heteroatoms. The van der Waals surface area contributed by atoms with E-state index in [0.717, 1.165) is 22.3 Å². The number of benzene rings is 2. The zero-order chi connectivity index (χ0) is 13.8. The molecule has 2 aromatic rings. The second-order valence-electron chi connectivity index (χ2n) is 4.62. The summed E-state index contributed by atoms with van der Waals surface area (Å²) in [5.74, 6) is 0. The highest BCUT2D eigenvalue weighted by Gasteiger charge is 2.08. The Bertz CT molecular complexity index is 629. The maximum atomic E-state index is 9.18. The third-order valence-electron chi connectivity index (χ3n) is 2.99. The first-order chi connectivity index (χ1) is 9.10. The highest BCUT2D eigenvalue weighted by atomic mass is 79.9. The second kappa shape index (κ2) is 5.90. The van der Waals surface area contributed by atoms with Gasteiger partial charge in [0.2, 0.25) is 0 Å². The molecule has 0 spiro atoms. The molecule has 0 aliphatic rings. The quantitative estimate of drug-likeness (QED) is 0.846. The van der Waals surface area contributed by atoms with Crippen LogP contribution in [0.15, 0.2) is 46.9 Å². The van der Waals surface area contributed by atoms with Gasteiger partial charge >= 0.3 is 0 Å². The van der Waals surface area contributed by atoms with Gasteiger partial charge in [0.15, 0.2) is 0 Å². The number of nitriles is 1. The summed E-state index contributed by atoms with van der Waals surface area (Å²) in [7, 11) is 2.01. The third kappa shape index (κ3) is 3.36. The van der Waals surface area contributed by atoms with Gasteiger partial charge in [0.05, 0.1) is 11.3 Å². The van der Waals surface area contributed by atoms with Crippen LogP contribution in [0.1, 0.15) is 16.7 Å². The van der Waals surface area contributed by atoms with E-state index < -0.39 is 0 Å². The second-order valence-corrected chi connectivity index (χ2v) is 5.53. The van der Waals surface area contributed by atoms with E-state index in [1.165, 1.54) is 5.56 Å². The summed E-state index contributed by atoms with van der Waals surface area (Å²) in [4.78, 5) is 2.10. The topological polar surface area (TPSA) is 27.0 Å². The maximum Gasteiger partial charge on any atom is 0.101 e. The number of anilines is 1. The van der Waals surface area contributed by atoms with E-state index in [9.17, 15) is 5.26 Å². The predicted molar refractivity (Wildman–Crippen MR) is 82.1 cm³/mol. The summed E-state index contributed by atoms with van der Waals surface area (Å²) in [6.45, 7) is 2.81. The molecule has 0 saturated carbocycles. The Morgan fingerprint density at radius 1 is 1.21 bits per heavy atom. The molecule has 2 rings (SSSR count). The molecular formula is C16H15BrN2. The van der Waals surface area contributed by atoms with Crippen LogP contribution >= 0.6 is 15.9 Å². The fourth-order valence-corrected chi connectivity index (χ4v) is 2.49. The maximum absolute atomic E-state index is 9.18. The molecule has 0 aromatic heterocycles. The van der Waals surface area contributed by atoms with Crippen LogP contribution in [-0.2, 0) is 6.54 Å². The van der Waals surface area contributed by atoms with Crippen molar-refractivity contribution in [2.75, 3.05) is 11.9 Å². The summed E-state index contributed by atoms with van der Waals surface area (Å²) in [5, 5.41) is 9.18. The monoisotopic (exact) mass is 314 g/mol. The zero-order valence-corrected chi connectivity index (χ0v) is 12.6. The Labute approximate surface area is 122 Å². The number of nitrogens with zero attached hydrogens (tertiary/aromatic N) is 2. The van der Waals surface area contributed by atoms with Crippen LogP contribution in [-0.4, -0.2) is 7.05 Å². The Morgan fingerprint density at radius 2 is 2.00 bits per heavy atom. The van der Waals surface area contributed by atoms with Crippen molar-refractivity contribution in [3.63, 3.8) is 0 Å². The molecule has 19 heavy (non-hydrogen) atoms. The SMILES string of the molecule is Cc1ccc(C#N)c(N(C)Cc2cccc(Br)c2)c1. The van der Waals surface area contributed by atoms with Gasteiger partial charge in [-0.1, -0.05) is 34.1 Å². The fraction of sp³-hybridized carbons (Fsp3) is 0.188. The van der Waals surface area contributed by atoms with Crippen molar-refractivity contribution in [2.45, 2.75) is 13.5 Å². The minimum absolute atomic E-state index is 0.711. The summed E-state index contributed by atoms with van der Waals surface area (Å²) < 4.78 is 1.07. The van der Waals surface area contributed by atoms with E-state index >= 15 is 0 Å². The first-order valence-corrected chi connectivity index (χ1v) is 6.86. The van der Waals surface area contributed by atoms with Gasteiger partial charge in [-0.2, -0.15) is 5.26 Å². The lowest BCUT2D eigenvalue weighted by Gasteiger charge is -2.21. The molecule has 0 fully saturated rings. The molecule has 0 aliphatic carbocycles. The summed E-state index contributed by atoms with van der Waals surface area (Å²) in [5.41, 5.74) is 4.06. The van der Waals surface area contributed by atoms with Crippen molar-refractivity contribution in [3.8, 4) is 6.07 Å². The minimum atomic E-state index is 0.711. The van der Waals surface area contributed by atoms with E-state index in [-0.39, 0.29) is 0 Å². The molecule has 0 atom stereocenters. The van der Waals surface area contributed by atoms with Crippen LogP contribution in [0.5, 0.6) is 0 Å². The largest absolute Gasteiger partial charge is 0.369 e. The lowest BCUT2D eigenvalue weighted by atomic mass is 10.1. The lowest BCUT2D eigenvalue weighted by molar-refractivity contribution is 0.919. The van der Waals surface area contributed by atoms with E-state index in [4.69, 9.17) is 0 Å². The molecule has 0 radical (unpaired) electrons. The molecule has 96 valence electrons. The number of rotatable bonds is 3. The van der Waals surface area contributed by atoms with E-state index in [0.29, 0.717) is 5.56 Å². The first-order valence-electron chi connectivity index (χ1n) is 6.06. The van der Waals surface area contributed by atoms with Crippen LogP contribution in [0.2, 0.25) is 0 Å².